The second-order valence-corrected chi connectivity index (χ2v) is 8.77. The first-order chi connectivity index (χ1) is 14.5. The van der Waals surface area contributed by atoms with Crippen molar-refractivity contribution in [2.24, 2.45) is 5.92 Å². The average Bonchev–Trinajstić information content (AvgIpc) is 3.16. The van der Waals surface area contributed by atoms with Gasteiger partial charge in [-0.1, -0.05) is 49.5 Å². The van der Waals surface area contributed by atoms with Gasteiger partial charge in [-0.2, -0.15) is 14.6 Å². The number of nitrogens with two attached hydrogens (primary N) is 1. The van der Waals surface area contributed by atoms with Gasteiger partial charge < -0.3 is 10.5 Å². The summed E-state index contributed by atoms with van der Waals surface area (Å²) in [6.45, 7) is 2.20. The second-order valence-electron chi connectivity index (χ2n) is 7.73. The Bertz CT molecular complexity index is 1100. The summed E-state index contributed by atoms with van der Waals surface area (Å²) >= 11 is 1.43. The molecule has 0 radical (unpaired) electrons. The molecular formula is C22H26N4O3S. The van der Waals surface area contributed by atoms with Gasteiger partial charge in [-0.25, -0.2) is 0 Å². The highest BCUT2D eigenvalue weighted by molar-refractivity contribution is 7.16. The molecule has 2 aromatic heterocycles. The van der Waals surface area contributed by atoms with Crippen molar-refractivity contribution in [2.45, 2.75) is 51.9 Å². The molecule has 2 aromatic rings. The normalized spacial score (nSPS) is 18.9. The Labute approximate surface area is 179 Å². The lowest BCUT2D eigenvalue weighted by Crippen LogP contribution is -2.17. The summed E-state index contributed by atoms with van der Waals surface area (Å²) in [6.07, 6.45) is 14.9. The first kappa shape index (κ1) is 20.5. The van der Waals surface area contributed by atoms with Crippen LogP contribution in [0, 0.1) is 5.92 Å². The number of carbonyl (C=O) groups excluding carboxylic acids is 1. The quantitative estimate of drug-likeness (QED) is 0.756. The standard InChI is InChI=1S/C22H26N4O3S/c1-2-29-18-13-15(8-10-17(18)27)12-16-20(23)26-22(24-21(16)28)30-19(25-26)11-9-14-6-4-3-5-7-14/h8,10,12-14H,2-7,9,11,23H2,1H3/b15-12+. The number of aromatic nitrogens is 3. The average molecular weight is 427 g/mol. The van der Waals surface area contributed by atoms with Crippen LogP contribution in [-0.2, 0) is 16.0 Å². The predicted molar refractivity (Wildman–Crippen MR) is 118 cm³/mol. The monoisotopic (exact) mass is 426 g/mol. The molecule has 7 nitrogen and oxygen atoms in total. The van der Waals surface area contributed by atoms with Crippen molar-refractivity contribution in [3.8, 4) is 0 Å². The number of ether oxygens (including phenoxy) is 1. The SMILES string of the molecule is CCOC1=C/C(=C/c2c(N)n3nc(CCC4CCCCC4)sc3nc2=O)C=CC1=O. The van der Waals surface area contributed by atoms with Crippen LogP contribution in [0.2, 0.25) is 0 Å². The summed E-state index contributed by atoms with van der Waals surface area (Å²) in [4.78, 5) is 29.1. The lowest BCUT2D eigenvalue weighted by molar-refractivity contribution is -0.114. The number of allylic oxidation sites excluding steroid dienone is 4. The highest BCUT2D eigenvalue weighted by atomic mass is 32.1. The summed E-state index contributed by atoms with van der Waals surface area (Å²) in [5.41, 5.74) is 6.80. The molecule has 0 aliphatic heterocycles. The fourth-order valence-electron chi connectivity index (χ4n) is 4.01. The summed E-state index contributed by atoms with van der Waals surface area (Å²) in [7, 11) is 0. The number of ketones is 1. The molecule has 1 saturated carbocycles. The summed E-state index contributed by atoms with van der Waals surface area (Å²) in [5.74, 6) is 1.07. The summed E-state index contributed by atoms with van der Waals surface area (Å²) < 4.78 is 6.91. The van der Waals surface area contributed by atoms with Gasteiger partial charge in [0.2, 0.25) is 10.7 Å². The van der Waals surface area contributed by atoms with E-state index in [0.29, 0.717) is 17.1 Å². The summed E-state index contributed by atoms with van der Waals surface area (Å²) in [5, 5.41) is 5.56. The van der Waals surface area contributed by atoms with E-state index in [1.807, 2.05) is 6.92 Å². The maximum Gasteiger partial charge on any atom is 0.283 e. The molecule has 0 amide bonds. The summed E-state index contributed by atoms with van der Waals surface area (Å²) in [6, 6.07) is 0. The number of anilines is 1. The molecule has 8 heteroatoms. The lowest BCUT2D eigenvalue weighted by Gasteiger charge is -2.20. The van der Waals surface area contributed by atoms with Crippen molar-refractivity contribution in [3.63, 3.8) is 0 Å². The topological polar surface area (TPSA) is 99.6 Å². The molecule has 0 aromatic carbocycles. The molecule has 158 valence electrons. The number of hydrogen-bond donors (Lipinski definition) is 1. The van der Waals surface area contributed by atoms with Crippen LogP contribution in [0.25, 0.3) is 11.0 Å². The van der Waals surface area contributed by atoms with Crippen LogP contribution in [0.1, 0.15) is 56.0 Å². The van der Waals surface area contributed by atoms with Crippen molar-refractivity contribution >= 4 is 34.0 Å². The van der Waals surface area contributed by atoms with Gasteiger partial charge in [-0.05, 0) is 43.1 Å². The van der Waals surface area contributed by atoms with E-state index in [1.165, 1.54) is 49.5 Å². The van der Waals surface area contributed by atoms with Crippen molar-refractivity contribution in [3.05, 3.63) is 50.5 Å². The van der Waals surface area contributed by atoms with Gasteiger partial charge in [0.05, 0.1) is 12.2 Å². The number of fused-ring (bicyclic) bond motifs is 1. The Morgan fingerprint density at radius 3 is 2.83 bits per heavy atom. The van der Waals surface area contributed by atoms with Gasteiger partial charge in [0.15, 0.2) is 5.76 Å². The van der Waals surface area contributed by atoms with Gasteiger partial charge in [-0.3, -0.25) is 9.59 Å². The van der Waals surface area contributed by atoms with Gasteiger partial charge in [0, 0.05) is 6.42 Å². The maximum atomic E-state index is 12.6. The number of nitrogens with zero attached hydrogens (tertiary/aromatic N) is 3. The third kappa shape index (κ3) is 4.38. The van der Waals surface area contributed by atoms with Crippen LogP contribution >= 0.6 is 11.3 Å². The molecule has 2 aliphatic carbocycles. The van der Waals surface area contributed by atoms with E-state index >= 15 is 0 Å². The molecule has 0 unspecified atom stereocenters. The van der Waals surface area contributed by atoms with Crippen molar-refractivity contribution < 1.29 is 9.53 Å². The third-order valence-electron chi connectivity index (χ3n) is 5.60. The van der Waals surface area contributed by atoms with Crippen molar-refractivity contribution in [2.75, 3.05) is 12.3 Å². The fourth-order valence-corrected chi connectivity index (χ4v) is 4.92. The van der Waals surface area contributed by atoms with Crippen molar-refractivity contribution in [1.29, 1.82) is 0 Å². The van der Waals surface area contributed by atoms with E-state index in [9.17, 15) is 9.59 Å². The zero-order valence-electron chi connectivity index (χ0n) is 17.1. The zero-order chi connectivity index (χ0) is 21.1. The molecule has 1 fully saturated rings. The predicted octanol–water partition coefficient (Wildman–Crippen LogP) is 3.69. The Hall–Kier alpha value is -2.74. The van der Waals surface area contributed by atoms with Crippen LogP contribution in [0.15, 0.2) is 34.4 Å². The molecule has 0 bridgehead atoms. The molecule has 0 saturated heterocycles. The smallest absolute Gasteiger partial charge is 0.283 e. The number of hydrogen-bond acceptors (Lipinski definition) is 7. The number of aryl methyl sites for hydroxylation is 1. The number of rotatable bonds is 6. The highest BCUT2D eigenvalue weighted by Crippen LogP contribution is 2.28. The Morgan fingerprint density at radius 1 is 1.27 bits per heavy atom. The largest absolute Gasteiger partial charge is 0.490 e. The second kappa shape index (κ2) is 8.95. The molecule has 4 rings (SSSR count). The fraction of sp³-hybridized carbons (Fsp3) is 0.455. The molecule has 2 aliphatic rings. The van der Waals surface area contributed by atoms with Gasteiger partial charge in [-0.15, -0.1) is 0 Å². The Morgan fingerprint density at radius 2 is 2.07 bits per heavy atom. The van der Waals surface area contributed by atoms with E-state index in [-0.39, 0.29) is 22.9 Å². The van der Waals surface area contributed by atoms with Crippen LogP contribution in [0.5, 0.6) is 0 Å². The minimum absolute atomic E-state index is 0.200. The third-order valence-corrected chi connectivity index (χ3v) is 6.57. The van der Waals surface area contributed by atoms with E-state index < -0.39 is 5.56 Å². The van der Waals surface area contributed by atoms with Crippen LogP contribution in [0.4, 0.5) is 5.82 Å². The zero-order valence-corrected chi connectivity index (χ0v) is 17.9. The van der Waals surface area contributed by atoms with E-state index in [0.717, 1.165) is 23.8 Å². The maximum absolute atomic E-state index is 12.6. The molecular weight excluding hydrogens is 400 g/mol. The molecule has 0 atom stereocenters. The Balaban J connectivity index is 1.61. The molecule has 2 N–H and O–H groups in total. The number of nitrogen functional groups attached to an aromatic ring is 1. The number of carbonyl (C=O) groups is 1. The van der Waals surface area contributed by atoms with Gasteiger partial charge >= 0.3 is 0 Å². The minimum Gasteiger partial charge on any atom is -0.490 e. The molecule has 2 heterocycles. The van der Waals surface area contributed by atoms with Gasteiger partial charge in [0.1, 0.15) is 10.8 Å². The van der Waals surface area contributed by atoms with Crippen LogP contribution in [0.3, 0.4) is 0 Å². The lowest BCUT2D eigenvalue weighted by atomic mass is 9.86. The van der Waals surface area contributed by atoms with E-state index in [4.69, 9.17) is 10.5 Å². The minimum atomic E-state index is -0.404. The first-order valence-electron chi connectivity index (χ1n) is 10.5. The van der Waals surface area contributed by atoms with E-state index in [2.05, 4.69) is 10.1 Å². The first-order valence-corrected chi connectivity index (χ1v) is 11.3. The highest BCUT2D eigenvalue weighted by Gasteiger charge is 2.18. The van der Waals surface area contributed by atoms with Gasteiger partial charge in [0.25, 0.3) is 5.56 Å². The molecule has 30 heavy (non-hydrogen) atoms. The van der Waals surface area contributed by atoms with Crippen LogP contribution in [-0.4, -0.2) is 27.0 Å². The van der Waals surface area contributed by atoms with Crippen molar-refractivity contribution in [1.82, 2.24) is 14.6 Å². The van der Waals surface area contributed by atoms with E-state index in [1.54, 1.807) is 22.7 Å². The van der Waals surface area contributed by atoms with Crippen LogP contribution < -0.4 is 11.3 Å². The molecule has 0 spiro atoms. The Kier molecular flexibility index (Phi) is 6.13.